The van der Waals surface area contributed by atoms with E-state index in [2.05, 4.69) is 6.08 Å². The molecular formula is C31H40O8. The Morgan fingerprint density at radius 1 is 1.18 bits per heavy atom. The fraction of sp³-hybridized carbons (Fsp3) is 0.516. The average Bonchev–Trinajstić information content (AvgIpc) is 2.84. The summed E-state index contributed by atoms with van der Waals surface area (Å²) in [5.74, 6) is -2.91. The number of aliphatic hydroxyl groups excluding tert-OH is 2. The van der Waals surface area contributed by atoms with Crippen molar-refractivity contribution >= 4 is 17.7 Å². The van der Waals surface area contributed by atoms with E-state index in [4.69, 9.17) is 14.6 Å². The SMILES string of the molecule is CC(=C/C=C/C(=O)O)/C=C/C=C(\C)C(O)C(C)C(=O)O[C@H]1C[C@@H](C)C=C2C=C[C@@]3(C)O[C@@H](O)CC(=O)[C@]3(C)[C@H]21. The lowest BCUT2D eigenvalue weighted by Gasteiger charge is -2.56. The first-order chi connectivity index (χ1) is 18.2. The molecule has 1 fully saturated rings. The Morgan fingerprint density at radius 3 is 2.51 bits per heavy atom. The predicted molar refractivity (Wildman–Crippen MR) is 146 cm³/mol. The van der Waals surface area contributed by atoms with E-state index < -0.39 is 53.3 Å². The number of hydrogen-bond donors (Lipinski definition) is 3. The van der Waals surface area contributed by atoms with Crippen molar-refractivity contribution in [2.75, 3.05) is 0 Å². The molecule has 1 saturated heterocycles. The van der Waals surface area contributed by atoms with Crippen molar-refractivity contribution in [3.8, 4) is 0 Å². The minimum absolute atomic E-state index is 0.116. The zero-order valence-electron chi connectivity index (χ0n) is 23.5. The van der Waals surface area contributed by atoms with E-state index in [1.165, 1.54) is 6.08 Å². The third-order valence-electron chi connectivity index (χ3n) is 8.27. The van der Waals surface area contributed by atoms with Crippen molar-refractivity contribution in [1.82, 2.24) is 0 Å². The van der Waals surface area contributed by atoms with Gasteiger partial charge in [-0.3, -0.25) is 9.59 Å². The molecule has 1 heterocycles. The topological polar surface area (TPSA) is 130 Å². The monoisotopic (exact) mass is 540 g/mol. The number of aliphatic carboxylic acids is 1. The predicted octanol–water partition coefficient (Wildman–Crippen LogP) is 4.21. The number of ether oxygens (including phenoxy) is 2. The quantitative estimate of drug-likeness (QED) is 0.237. The van der Waals surface area contributed by atoms with E-state index in [1.807, 2.05) is 32.9 Å². The average molecular weight is 541 g/mol. The smallest absolute Gasteiger partial charge is 0.328 e. The van der Waals surface area contributed by atoms with Gasteiger partial charge in [-0.1, -0.05) is 61.1 Å². The first-order valence-electron chi connectivity index (χ1n) is 13.3. The zero-order valence-corrected chi connectivity index (χ0v) is 23.5. The summed E-state index contributed by atoms with van der Waals surface area (Å²) in [4.78, 5) is 37.2. The molecule has 0 aromatic rings. The molecule has 8 heteroatoms. The number of ketones is 1. The van der Waals surface area contributed by atoms with Crippen LogP contribution in [0.4, 0.5) is 0 Å². The first kappa shape index (κ1) is 30.5. The number of carboxylic acid groups (broad SMARTS) is 1. The third kappa shape index (κ3) is 6.40. The van der Waals surface area contributed by atoms with Crippen LogP contribution in [-0.2, 0) is 23.9 Å². The van der Waals surface area contributed by atoms with Crippen LogP contribution >= 0.6 is 0 Å². The Kier molecular flexibility index (Phi) is 9.36. The van der Waals surface area contributed by atoms with Gasteiger partial charge < -0.3 is 24.8 Å². The molecular weight excluding hydrogens is 500 g/mol. The Morgan fingerprint density at radius 2 is 1.85 bits per heavy atom. The highest BCUT2D eigenvalue weighted by atomic mass is 16.6. The summed E-state index contributed by atoms with van der Waals surface area (Å²) < 4.78 is 11.9. The van der Waals surface area contributed by atoms with Gasteiger partial charge in [0.05, 0.1) is 29.5 Å². The van der Waals surface area contributed by atoms with Crippen molar-refractivity contribution in [1.29, 1.82) is 0 Å². The van der Waals surface area contributed by atoms with Crippen molar-refractivity contribution in [3.63, 3.8) is 0 Å². The lowest BCUT2D eigenvalue weighted by atomic mass is 9.53. The zero-order chi connectivity index (χ0) is 29.1. The number of carbonyl (C=O) groups excluding carboxylic acids is 2. The fourth-order valence-corrected chi connectivity index (χ4v) is 5.81. The largest absolute Gasteiger partial charge is 0.478 e. The molecule has 3 N–H and O–H groups in total. The second-order valence-electron chi connectivity index (χ2n) is 11.3. The summed E-state index contributed by atoms with van der Waals surface area (Å²) in [7, 11) is 0. The maximum Gasteiger partial charge on any atom is 0.328 e. The number of carbonyl (C=O) groups is 3. The van der Waals surface area contributed by atoms with Gasteiger partial charge in [-0.25, -0.2) is 4.79 Å². The molecule has 0 bridgehead atoms. The Hall–Kier alpha value is -3.07. The maximum absolute atomic E-state index is 13.4. The van der Waals surface area contributed by atoms with Crippen molar-refractivity contribution in [3.05, 3.63) is 71.4 Å². The van der Waals surface area contributed by atoms with Gasteiger partial charge in [0, 0.05) is 12.0 Å². The molecule has 0 saturated carbocycles. The van der Waals surface area contributed by atoms with E-state index in [0.29, 0.717) is 12.0 Å². The molecule has 3 aliphatic rings. The van der Waals surface area contributed by atoms with Crippen molar-refractivity contribution < 1.29 is 39.2 Å². The number of Topliss-reactive ketones (excluding diaryl/α,β-unsaturated/α-hetero) is 1. The molecule has 2 aliphatic carbocycles. The Bertz CT molecular complexity index is 1170. The van der Waals surface area contributed by atoms with E-state index in [1.54, 1.807) is 45.1 Å². The molecule has 0 aromatic heterocycles. The number of allylic oxidation sites excluding steroid dienone is 8. The number of rotatable bonds is 8. The fourth-order valence-electron chi connectivity index (χ4n) is 5.81. The van der Waals surface area contributed by atoms with Gasteiger partial charge in [-0.05, 0) is 58.1 Å². The van der Waals surface area contributed by atoms with Gasteiger partial charge in [0.15, 0.2) is 6.29 Å². The van der Waals surface area contributed by atoms with Crippen molar-refractivity contribution in [2.24, 2.45) is 23.2 Å². The lowest BCUT2D eigenvalue weighted by Crippen LogP contribution is -2.64. The van der Waals surface area contributed by atoms with Gasteiger partial charge in [0.2, 0.25) is 0 Å². The van der Waals surface area contributed by atoms with Crippen LogP contribution < -0.4 is 0 Å². The highest BCUT2D eigenvalue weighted by molar-refractivity contribution is 5.89. The molecule has 8 nitrogen and oxygen atoms in total. The van der Waals surface area contributed by atoms with Crippen LogP contribution in [0.25, 0.3) is 0 Å². The molecule has 0 radical (unpaired) electrons. The summed E-state index contributed by atoms with van der Waals surface area (Å²) in [6, 6.07) is 0. The highest BCUT2D eigenvalue weighted by Crippen LogP contribution is 2.56. The molecule has 2 unspecified atom stereocenters. The Balaban J connectivity index is 1.77. The molecule has 0 spiro atoms. The molecule has 8 atom stereocenters. The summed E-state index contributed by atoms with van der Waals surface area (Å²) in [5, 5.41) is 29.7. The second kappa shape index (κ2) is 12.0. The van der Waals surface area contributed by atoms with Gasteiger partial charge >= 0.3 is 11.9 Å². The van der Waals surface area contributed by atoms with Crippen LogP contribution in [0.5, 0.6) is 0 Å². The Labute approximate surface area is 230 Å². The number of hydrogen-bond acceptors (Lipinski definition) is 7. The van der Waals surface area contributed by atoms with Crippen molar-refractivity contribution in [2.45, 2.75) is 78.5 Å². The van der Waals surface area contributed by atoms with E-state index >= 15 is 0 Å². The van der Waals surface area contributed by atoms with E-state index in [0.717, 1.165) is 17.2 Å². The van der Waals surface area contributed by atoms with Gasteiger partial charge in [-0.2, -0.15) is 0 Å². The maximum atomic E-state index is 13.4. The first-order valence-corrected chi connectivity index (χ1v) is 13.3. The van der Waals surface area contributed by atoms with Crippen LogP contribution in [0.3, 0.4) is 0 Å². The molecule has 0 aromatic carbocycles. The lowest BCUT2D eigenvalue weighted by molar-refractivity contribution is -0.242. The summed E-state index contributed by atoms with van der Waals surface area (Å²) in [6.45, 7) is 10.8. The van der Waals surface area contributed by atoms with Crippen LogP contribution in [0.1, 0.15) is 54.4 Å². The van der Waals surface area contributed by atoms with E-state index in [-0.39, 0.29) is 18.1 Å². The standard InChI is InChI=1S/C31H40O8/c1-18(10-8-12-25(33)34)9-7-11-20(3)28(36)21(4)29(37)38-23-16-19(2)15-22-13-14-30(5)31(6,27(22)23)24(32)17-26(35)39-30/h7-15,19,21,23,26-28,35-36H,16-17H2,1-6H3,(H,33,34)/b9-7+,12-8+,18-10-,20-11+/t19-,21?,23-,26+,27+,28?,30+,31+/m0/s1. The number of carboxylic acids is 1. The van der Waals surface area contributed by atoms with E-state index in [9.17, 15) is 24.6 Å². The third-order valence-corrected chi connectivity index (χ3v) is 8.27. The number of esters is 1. The van der Waals surface area contributed by atoms with Gasteiger partial charge in [0.1, 0.15) is 11.9 Å². The summed E-state index contributed by atoms with van der Waals surface area (Å²) >= 11 is 0. The summed E-state index contributed by atoms with van der Waals surface area (Å²) in [6.07, 6.45) is 12.6. The normalized spacial score (nSPS) is 34.9. The summed E-state index contributed by atoms with van der Waals surface area (Å²) in [5.41, 5.74) is 0.195. The molecule has 3 rings (SSSR count). The highest BCUT2D eigenvalue weighted by Gasteiger charge is 2.63. The van der Waals surface area contributed by atoms with Gasteiger partial charge in [-0.15, -0.1) is 0 Å². The van der Waals surface area contributed by atoms with Crippen LogP contribution in [0.2, 0.25) is 0 Å². The van der Waals surface area contributed by atoms with Gasteiger partial charge in [0.25, 0.3) is 0 Å². The van der Waals surface area contributed by atoms with Crippen LogP contribution in [0, 0.1) is 23.2 Å². The molecule has 39 heavy (non-hydrogen) atoms. The number of aliphatic hydroxyl groups is 2. The minimum atomic E-state index is -1.19. The molecule has 1 aliphatic heterocycles. The van der Waals surface area contributed by atoms with Crippen LogP contribution in [0.15, 0.2) is 71.4 Å². The van der Waals surface area contributed by atoms with Crippen LogP contribution in [-0.4, -0.2) is 57.1 Å². The minimum Gasteiger partial charge on any atom is -0.478 e. The number of fused-ring (bicyclic) bond motifs is 3. The molecule has 212 valence electrons. The second-order valence-corrected chi connectivity index (χ2v) is 11.3. The molecule has 0 amide bonds.